The Morgan fingerprint density at radius 1 is 1.43 bits per heavy atom. The molecule has 2 rings (SSSR count). The van der Waals surface area contributed by atoms with Crippen LogP contribution in [0.5, 0.6) is 0 Å². The molecule has 1 aromatic carbocycles. The zero-order valence-corrected chi connectivity index (χ0v) is 9.80. The SMILES string of the molecule is CCNc1nc2cc(Cl)cc(Cl)c2s1. The average molecular weight is 247 g/mol. The zero-order chi connectivity index (χ0) is 10.1. The topological polar surface area (TPSA) is 24.9 Å². The summed E-state index contributed by atoms with van der Waals surface area (Å²) in [7, 11) is 0. The molecule has 0 radical (unpaired) electrons. The molecule has 2 aromatic rings. The molecule has 0 saturated carbocycles. The van der Waals surface area contributed by atoms with Crippen molar-refractivity contribution in [3.63, 3.8) is 0 Å². The molecule has 0 atom stereocenters. The van der Waals surface area contributed by atoms with Gasteiger partial charge in [-0.05, 0) is 19.1 Å². The summed E-state index contributed by atoms with van der Waals surface area (Å²) < 4.78 is 0.979. The van der Waals surface area contributed by atoms with Crippen LogP contribution in [-0.4, -0.2) is 11.5 Å². The normalized spacial score (nSPS) is 10.8. The molecule has 0 amide bonds. The van der Waals surface area contributed by atoms with E-state index >= 15 is 0 Å². The first-order valence-corrected chi connectivity index (χ1v) is 5.77. The lowest BCUT2D eigenvalue weighted by atomic mass is 10.3. The van der Waals surface area contributed by atoms with Gasteiger partial charge in [0.05, 0.1) is 15.2 Å². The van der Waals surface area contributed by atoms with Crippen molar-refractivity contribution in [2.24, 2.45) is 0 Å². The zero-order valence-electron chi connectivity index (χ0n) is 7.47. The molecular weight excluding hydrogens is 239 g/mol. The summed E-state index contributed by atoms with van der Waals surface area (Å²) in [6.45, 7) is 2.88. The second kappa shape index (κ2) is 3.93. The molecule has 0 unspecified atom stereocenters. The maximum Gasteiger partial charge on any atom is 0.183 e. The van der Waals surface area contributed by atoms with Crippen LogP contribution in [0.15, 0.2) is 12.1 Å². The number of benzene rings is 1. The molecule has 2 nitrogen and oxygen atoms in total. The molecule has 5 heteroatoms. The average Bonchev–Trinajstić information content (AvgIpc) is 2.48. The fourth-order valence-electron chi connectivity index (χ4n) is 1.19. The van der Waals surface area contributed by atoms with E-state index in [2.05, 4.69) is 10.3 Å². The minimum atomic E-state index is 0.621. The van der Waals surface area contributed by atoms with E-state index in [1.54, 1.807) is 17.4 Å². The lowest BCUT2D eigenvalue weighted by Crippen LogP contribution is -1.94. The summed E-state index contributed by atoms with van der Waals surface area (Å²) in [5.74, 6) is 0. The van der Waals surface area contributed by atoms with Crippen LogP contribution in [0.3, 0.4) is 0 Å². The van der Waals surface area contributed by atoms with Crippen molar-refractivity contribution >= 4 is 49.9 Å². The second-order valence-corrected chi connectivity index (χ2v) is 4.63. The number of halogens is 2. The predicted molar refractivity (Wildman–Crippen MR) is 63.8 cm³/mol. The summed E-state index contributed by atoms with van der Waals surface area (Å²) >= 11 is 13.4. The van der Waals surface area contributed by atoms with E-state index in [9.17, 15) is 0 Å². The molecule has 0 aliphatic carbocycles. The molecule has 0 spiro atoms. The molecule has 1 N–H and O–H groups in total. The van der Waals surface area contributed by atoms with Gasteiger partial charge in [-0.1, -0.05) is 34.5 Å². The van der Waals surface area contributed by atoms with Crippen LogP contribution in [0.2, 0.25) is 10.0 Å². The van der Waals surface area contributed by atoms with Gasteiger partial charge in [0.15, 0.2) is 5.13 Å². The molecule has 14 heavy (non-hydrogen) atoms. The van der Waals surface area contributed by atoms with Gasteiger partial charge in [-0.15, -0.1) is 0 Å². The molecule has 0 saturated heterocycles. The number of anilines is 1. The Morgan fingerprint density at radius 3 is 2.93 bits per heavy atom. The monoisotopic (exact) mass is 246 g/mol. The van der Waals surface area contributed by atoms with Crippen LogP contribution in [0, 0.1) is 0 Å². The van der Waals surface area contributed by atoms with Gasteiger partial charge in [0.2, 0.25) is 0 Å². The highest BCUT2D eigenvalue weighted by molar-refractivity contribution is 7.22. The number of fused-ring (bicyclic) bond motifs is 1. The lowest BCUT2D eigenvalue weighted by Gasteiger charge is -1.92. The largest absolute Gasteiger partial charge is 0.362 e. The lowest BCUT2D eigenvalue weighted by molar-refractivity contribution is 1.20. The Bertz CT molecular complexity index is 467. The smallest absolute Gasteiger partial charge is 0.183 e. The summed E-state index contributed by atoms with van der Waals surface area (Å²) in [6, 6.07) is 3.56. The van der Waals surface area contributed by atoms with E-state index < -0.39 is 0 Å². The van der Waals surface area contributed by atoms with Crippen molar-refractivity contribution in [2.75, 3.05) is 11.9 Å². The van der Waals surface area contributed by atoms with E-state index in [4.69, 9.17) is 23.2 Å². The van der Waals surface area contributed by atoms with Gasteiger partial charge in [0.25, 0.3) is 0 Å². The maximum absolute atomic E-state index is 6.03. The molecule has 0 aliphatic heterocycles. The summed E-state index contributed by atoms with van der Waals surface area (Å²) in [6.07, 6.45) is 0. The Hall–Kier alpha value is -0.510. The van der Waals surface area contributed by atoms with Gasteiger partial charge < -0.3 is 5.32 Å². The van der Waals surface area contributed by atoms with Crippen LogP contribution >= 0.6 is 34.5 Å². The first kappa shape index (κ1) is 10.0. The Balaban J connectivity index is 2.58. The number of thiazole rings is 1. The minimum absolute atomic E-state index is 0.621. The first-order valence-electron chi connectivity index (χ1n) is 4.20. The van der Waals surface area contributed by atoms with E-state index in [1.165, 1.54) is 0 Å². The Morgan fingerprint density at radius 2 is 2.21 bits per heavy atom. The van der Waals surface area contributed by atoms with Crippen LogP contribution in [0.1, 0.15) is 6.92 Å². The number of nitrogens with zero attached hydrogens (tertiary/aromatic N) is 1. The number of nitrogens with one attached hydrogen (secondary N) is 1. The van der Waals surface area contributed by atoms with Crippen LogP contribution in [0.25, 0.3) is 10.2 Å². The number of aromatic nitrogens is 1. The third kappa shape index (κ3) is 1.80. The molecule has 1 aromatic heterocycles. The van der Waals surface area contributed by atoms with E-state index in [0.29, 0.717) is 10.0 Å². The van der Waals surface area contributed by atoms with Crippen molar-refractivity contribution in [2.45, 2.75) is 6.92 Å². The van der Waals surface area contributed by atoms with Gasteiger partial charge >= 0.3 is 0 Å². The third-order valence-corrected chi connectivity index (χ3v) is 3.43. The van der Waals surface area contributed by atoms with Crippen molar-refractivity contribution < 1.29 is 0 Å². The second-order valence-electron chi connectivity index (χ2n) is 2.79. The van der Waals surface area contributed by atoms with Crippen molar-refractivity contribution in [3.8, 4) is 0 Å². The number of rotatable bonds is 2. The predicted octanol–water partition coefficient (Wildman–Crippen LogP) is 4.03. The van der Waals surface area contributed by atoms with Crippen LogP contribution in [0.4, 0.5) is 5.13 Å². The Labute approximate surface area is 95.9 Å². The maximum atomic E-state index is 6.03. The number of hydrogen-bond acceptors (Lipinski definition) is 3. The quantitative estimate of drug-likeness (QED) is 0.866. The summed E-state index contributed by atoms with van der Waals surface area (Å²) in [5.41, 5.74) is 0.850. The van der Waals surface area contributed by atoms with Crippen LogP contribution < -0.4 is 5.32 Å². The molecule has 1 heterocycles. The van der Waals surface area contributed by atoms with Gasteiger partial charge in [-0.25, -0.2) is 4.98 Å². The molecule has 0 fully saturated rings. The standard InChI is InChI=1S/C9H8Cl2N2S/c1-2-12-9-13-7-4-5(10)3-6(11)8(7)14-9/h3-4H,2H2,1H3,(H,12,13). The minimum Gasteiger partial charge on any atom is -0.362 e. The Kier molecular flexibility index (Phi) is 2.81. The molecule has 74 valence electrons. The van der Waals surface area contributed by atoms with Crippen molar-refractivity contribution in [1.82, 2.24) is 4.98 Å². The number of hydrogen-bond donors (Lipinski definition) is 1. The van der Waals surface area contributed by atoms with Gasteiger partial charge in [0.1, 0.15) is 0 Å². The van der Waals surface area contributed by atoms with Crippen LogP contribution in [-0.2, 0) is 0 Å². The molecule has 0 bridgehead atoms. The fraction of sp³-hybridized carbons (Fsp3) is 0.222. The van der Waals surface area contributed by atoms with E-state index in [1.807, 2.05) is 13.0 Å². The summed E-state index contributed by atoms with van der Waals surface area (Å²) in [5, 5.41) is 5.31. The van der Waals surface area contributed by atoms with E-state index in [-0.39, 0.29) is 0 Å². The summed E-state index contributed by atoms with van der Waals surface area (Å²) in [4.78, 5) is 4.36. The van der Waals surface area contributed by atoms with Crippen molar-refractivity contribution in [3.05, 3.63) is 22.2 Å². The highest BCUT2D eigenvalue weighted by Gasteiger charge is 2.07. The van der Waals surface area contributed by atoms with Gasteiger partial charge in [0, 0.05) is 11.6 Å². The third-order valence-electron chi connectivity index (χ3n) is 1.74. The van der Waals surface area contributed by atoms with E-state index in [0.717, 1.165) is 21.9 Å². The highest BCUT2D eigenvalue weighted by atomic mass is 35.5. The van der Waals surface area contributed by atoms with Crippen molar-refractivity contribution in [1.29, 1.82) is 0 Å². The van der Waals surface area contributed by atoms with Gasteiger partial charge in [-0.3, -0.25) is 0 Å². The van der Waals surface area contributed by atoms with Gasteiger partial charge in [-0.2, -0.15) is 0 Å². The highest BCUT2D eigenvalue weighted by Crippen LogP contribution is 2.34. The fourth-order valence-corrected chi connectivity index (χ4v) is 2.70. The molecular formula is C9H8Cl2N2S. The first-order chi connectivity index (χ1) is 6.70. The molecule has 0 aliphatic rings.